The molecule has 1 aliphatic rings. The predicted octanol–water partition coefficient (Wildman–Crippen LogP) is 2.15. The monoisotopic (exact) mass is 416 g/mol. The third kappa shape index (κ3) is 6.71. The lowest BCUT2D eigenvalue weighted by Gasteiger charge is -2.30. The van der Waals surface area contributed by atoms with Crippen molar-refractivity contribution in [3.63, 3.8) is 0 Å². The van der Waals surface area contributed by atoms with Crippen LogP contribution >= 0.6 is 0 Å². The van der Waals surface area contributed by atoms with Gasteiger partial charge in [-0.2, -0.15) is 5.26 Å². The van der Waals surface area contributed by atoms with E-state index in [0.29, 0.717) is 32.7 Å². The molecule has 164 valence electrons. The quantitative estimate of drug-likeness (QED) is 0.676. The van der Waals surface area contributed by atoms with Crippen LogP contribution in [0.15, 0.2) is 24.3 Å². The second-order valence-corrected chi connectivity index (χ2v) is 7.92. The molecule has 0 spiro atoms. The predicted molar refractivity (Wildman–Crippen MR) is 113 cm³/mol. The zero-order chi connectivity index (χ0) is 22.1. The molecular weight excluding hydrogens is 384 g/mol. The van der Waals surface area contributed by atoms with E-state index in [1.54, 1.807) is 4.90 Å². The summed E-state index contributed by atoms with van der Waals surface area (Å²) in [6.07, 6.45) is -0.157. The highest BCUT2D eigenvalue weighted by molar-refractivity contribution is 5.87. The zero-order valence-electron chi connectivity index (χ0n) is 18.2. The van der Waals surface area contributed by atoms with Crippen molar-refractivity contribution in [3.05, 3.63) is 35.4 Å². The molecule has 1 heterocycles. The van der Waals surface area contributed by atoms with Crippen molar-refractivity contribution in [2.45, 2.75) is 45.4 Å². The van der Waals surface area contributed by atoms with Crippen molar-refractivity contribution >= 4 is 11.9 Å². The van der Waals surface area contributed by atoms with E-state index in [-0.39, 0.29) is 11.9 Å². The fraction of sp³-hybridized carbons (Fsp3) is 0.591. The molecule has 2 N–H and O–H groups in total. The van der Waals surface area contributed by atoms with E-state index in [1.807, 2.05) is 45.0 Å². The number of hydrogen-bond acceptors (Lipinski definition) is 5. The van der Waals surface area contributed by atoms with Crippen LogP contribution in [0.4, 0.5) is 4.79 Å². The van der Waals surface area contributed by atoms with E-state index in [9.17, 15) is 14.9 Å². The Balaban J connectivity index is 2.11. The number of urea groups is 1. The molecule has 1 unspecified atom stereocenters. The summed E-state index contributed by atoms with van der Waals surface area (Å²) in [5.74, 6) is -0.215. The SMILES string of the molecule is COC(c1cccc(C)c1)[C@@H](C#N)NC(=O)[C@H](CC(C)C)NC(=O)N1CCOCC1. The van der Waals surface area contributed by atoms with Gasteiger partial charge in [-0.05, 0) is 24.8 Å². The number of rotatable bonds is 8. The number of ether oxygens (including phenoxy) is 2. The number of carbonyl (C=O) groups is 2. The van der Waals surface area contributed by atoms with Gasteiger partial charge in [0.15, 0.2) is 0 Å². The highest BCUT2D eigenvalue weighted by Crippen LogP contribution is 2.22. The molecule has 0 radical (unpaired) electrons. The normalized spacial score (nSPS) is 17.0. The van der Waals surface area contributed by atoms with Gasteiger partial charge in [0.05, 0.1) is 19.3 Å². The maximum Gasteiger partial charge on any atom is 0.318 e. The molecule has 0 aromatic heterocycles. The lowest BCUT2D eigenvalue weighted by Crippen LogP contribution is -2.55. The molecule has 1 aliphatic heterocycles. The molecule has 8 nitrogen and oxygen atoms in total. The first-order valence-corrected chi connectivity index (χ1v) is 10.3. The summed E-state index contributed by atoms with van der Waals surface area (Å²) >= 11 is 0. The van der Waals surface area contributed by atoms with Crippen LogP contribution in [0.2, 0.25) is 0 Å². The van der Waals surface area contributed by atoms with Crippen LogP contribution in [0.3, 0.4) is 0 Å². The summed E-state index contributed by atoms with van der Waals surface area (Å²) in [7, 11) is 1.51. The van der Waals surface area contributed by atoms with Crippen LogP contribution in [0, 0.1) is 24.2 Å². The fourth-order valence-corrected chi connectivity index (χ4v) is 3.45. The van der Waals surface area contributed by atoms with E-state index in [4.69, 9.17) is 9.47 Å². The Kier molecular flexibility index (Phi) is 9.09. The number of benzene rings is 1. The van der Waals surface area contributed by atoms with Crippen LogP contribution in [0.5, 0.6) is 0 Å². The van der Waals surface area contributed by atoms with Crippen LogP contribution in [-0.2, 0) is 14.3 Å². The van der Waals surface area contributed by atoms with Crippen LogP contribution in [0.25, 0.3) is 0 Å². The smallest absolute Gasteiger partial charge is 0.318 e. The van der Waals surface area contributed by atoms with Crippen molar-refractivity contribution in [2.75, 3.05) is 33.4 Å². The zero-order valence-corrected chi connectivity index (χ0v) is 18.2. The van der Waals surface area contributed by atoms with Gasteiger partial charge in [0.2, 0.25) is 5.91 Å². The lowest BCUT2D eigenvalue weighted by atomic mass is 9.99. The van der Waals surface area contributed by atoms with Gasteiger partial charge in [-0.1, -0.05) is 43.7 Å². The van der Waals surface area contributed by atoms with E-state index in [2.05, 4.69) is 16.7 Å². The summed E-state index contributed by atoms with van der Waals surface area (Å²) in [6.45, 7) is 7.86. The first-order valence-electron chi connectivity index (χ1n) is 10.3. The minimum absolute atomic E-state index is 0.182. The van der Waals surface area contributed by atoms with Crippen molar-refractivity contribution < 1.29 is 19.1 Å². The molecule has 1 fully saturated rings. The molecule has 0 saturated carbocycles. The van der Waals surface area contributed by atoms with Gasteiger partial charge >= 0.3 is 6.03 Å². The molecule has 30 heavy (non-hydrogen) atoms. The Morgan fingerprint density at radius 3 is 2.53 bits per heavy atom. The summed E-state index contributed by atoms with van der Waals surface area (Å²) in [6, 6.07) is 7.83. The average Bonchev–Trinajstić information content (AvgIpc) is 2.73. The van der Waals surface area contributed by atoms with Crippen molar-refractivity contribution in [3.8, 4) is 6.07 Å². The maximum absolute atomic E-state index is 13.0. The minimum Gasteiger partial charge on any atom is -0.378 e. The van der Waals surface area contributed by atoms with Gasteiger partial charge in [0, 0.05) is 20.2 Å². The molecule has 1 aromatic carbocycles. The van der Waals surface area contributed by atoms with Crippen molar-refractivity contribution in [1.29, 1.82) is 5.26 Å². The van der Waals surface area contributed by atoms with E-state index >= 15 is 0 Å². The van der Waals surface area contributed by atoms with Crippen molar-refractivity contribution in [1.82, 2.24) is 15.5 Å². The number of hydrogen-bond donors (Lipinski definition) is 2. The number of amides is 3. The van der Waals surface area contributed by atoms with Gasteiger partial charge in [0.1, 0.15) is 18.2 Å². The molecule has 8 heteroatoms. The Morgan fingerprint density at radius 2 is 1.97 bits per heavy atom. The Hall–Kier alpha value is -2.63. The van der Waals surface area contributed by atoms with Crippen molar-refractivity contribution in [2.24, 2.45) is 5.92 Å². The summed E-state index contributed by atoms with van der Waals surface area (Å²) in [5, 5.41) is 15.3. The average molecular weight is 417 g/mol. The van der Waals surface area contributed by atoms with E-state index < -0.39 is 24.1 Å². The number of nitrogens with zero attached hydrogens (tertiary/aromatic N) is 2. The molecule has 3 amide bonds. The van der Waals surface area contributed by atoms with E-state index in [0.717, 1.165) is 11.1 Å². The third-order valence-corrected chi connectivity index (χ3v) is 4.98. The molecule has 0 bridgehead atoms. The number of morpholine rings is 1. The Bertz CT molecular complexity index is 756. The molecular formula is C22H32N4O4. The number of aryl methyl sites for hydroxylation is 1. The number of carbonyl (C=O) groups excluding carboxylic acids is 2. The molecule has 2 rings (SSSR count). The first-order chi connectivity index (χ1) is 14.3. The van der Waals surface area contributed by atoms with Crippen LogP contribution in [-0.4, -0.2) is 62.3 Å². The van der Waals surface area contributed by atoms with Gasteiger partial charge in [0.25, 0.3) is 0 Å². The Labute approximate surface area is 178 Å². The molecule has 3 atom stereocenters. The maximum atomic E-state index is 13.0. The fourth-order valence-electron chi connectivity index (χ4n) is 3.45. The summed E-state index contributed by atoms with van der Waals surface area (Å²) in [5.41, 5.74) is 1.84. The molecule has 0 aliphatic carbocycles. The first kappa shape index (κ1) is 23.6. The molecule has 1 saturated heterocycles. The second kappa shape index (κ2) is 11.5. The number of methoxy groups -OCH3 is 1. The summed E-state index contributed by atoms with van der Waals surface area (Å²) in [4.78, 5) is 27.2. The van der Waals surface area contributed by atoms with Gasteiger partial charge in [-0.3, -0.25) is 4.79 Å². The highest BCUT2D eigenvalue weighted by Gasteiger charge is 2.30. The van der Waals surface area contributed by atoms with Crippen LogP contribution < -0.4 is 10.6 Å². The lowest BCUT2D eigenvalue weighted by molar-refractivity contribution is -0.124. The minimum atomic E-state index is -0.890. The third-order valence-electron chi connectivity index (χ3n) is 4.98. The largest absolute Gasteiger partial charge is 0.378 e. The van der Waals surface area contributed by atoms with Gasteiger partial charge in [-0.25, -0.2) is 4.79 Å². The number of nitriles is 1. The van der Waals surface area contributed by atoms with Gasteiger partial charge in [-0.15, -0.1) is 0 Å². The Morgan fingerprint density at radius 1 is 1.27 bits per heavy atom. The van der Waals surface area contributed by atoms with E-state index in [1.165, 1.54) is 7.11 Å². The standard InChI is InChI=1S/C22H32N4O4/c1-15(2)12-18(25-22(28)26-8-10-30-11-9-26)21(27)24-19(14-23)20(29-4)17-7-5-6-16(3)13-17/h5-7,13,15,18-20H,8-12H2,1-4H3,(H,24,27)(H,25,28)/t18-,19+,20?/m0/s1. The molecule has 1 aromatic rings. The topological polar surface area (TPSA) is 104 Å². The van der Waals surface area contributed by atoms with Crippen LogP contribution in [0.1, 0.15) is 37.5 Å². The highest BCUT2D eigenvalue weighted by atomic mass is 16.5. The second-order valence-electron chi connectivity index (χ2n) is 7.92. The number of nitrogens with one attached hydrogen (secondary N) is 2. The summed E-state index contributed by atoms with van der Waals surface area (Å²) < 4.78 is 10.8. The van der Waals surface area contributed by atoms with Gasteiger partial charge < -0.3 is 25.0 Å².